The molecule has 0 spiro atoms. The van der Waals surface area contributed by atoms with Crippen molar-refractivity contribution in [2.45, 2.75) is 0 Å². The zero-order chi connectivity index (χ0) is 16.4. The van der Waals surface area contributed by atoms with Gasteiger partial charge in [0.1, 0.15) is 5.75 Å². The van der Waals surface area contributed by atoms with Crippen molar-refractivity contribution in [1.82, 2.24) is 10.2 Å². The molecular weight excluding hydrogens is 364 g/mol. The van der Waals surface area contributed by atoms with Crippen molar-refractivity contribution in [3.63, 3.8) is 0 Å². The third-order valence-electron chi connectivity index (χ3n) is 3.25. The van der Waals surface area contributed by atoms with Crippen LogP contribution in [0.5, 0.6) is 5.75 Å². The molecule has 2 aromatic carbocycles. The number of nitrogens with zero attached hydrogens (tertiary/aromatic N) is 3. The molecule has 0 fully saturated rings. The summed E-state index contributed by atoms with van der Waals surface area (Å²) < 4.78 is 5.78. The van der Waals surface area contributed by atoms with Crippen molar-refractivity contribution in [2.24, 2.45) is 4.99 Å². The minimum Gasteiger partial charge on any atom is -0.495 e. The molecule has 1 aromatic heterocycles. The number of nitro benzene ring substituents is 1. The van der Waals surface area contributed by atoms with Crippen LogP contribution in [0.3, 0.4) is 0 Å². The van der Waals surface area contributed by atoms with Gasteiger partial charge in [-0.1, -0.05) is 0 Å². The van der Waals surface area contributed by atoms with Crippen molar-refractivity contribution < 1.29 is 9.66 Å². The maximum atomic E-state index is 11.0. The van der Waals surface area contributed by atoms with E-state index in [4.69, 9.17) is 4.74 Å². The number of aliphatic imine (C=N–C) groups is 1. The van der Waals surface area contributed by atoms with Crippen LogP contribution in [0.2, 0.25) is 0 Å². The minimum atomic E-state index is -0.459. The van der Waals surface area contributed by atoms with Gasteiger partial charge < -0.3 is 4.74 Å². The quantitative estimate of drug-likeness (QED) is 0.424. The Balaban J connectivity index is 2.01. The van der Waals surface area contributed by atoms with Gasteiger partial charge in [-0.15, -0.1) is 0 Å². The average molecular weight is 375 g/mol. The molecule has 0 radical (unpaired) electrons. The Morgan fingerprint density at radius 3 is 2.96 bits per heavy atom. The minimum absolute atomic E-state index is 0.0376. The lowest BCUT2D eigenvalue weighted by Gasteiger charge is -2.07. The van der Waals surface area contributed by atoms with E-state index in [9.17, 15) is 10.1 Å². The van der Waals surface area contributed by atoms with Crippen LogP contribution in [0, 0.1) is 10.1 Å². The van der Waals surface area contributed by atoms with E-state index in [1.807, 2.05) is 18.2 Å². The van der Waals surface area contributed by atoms with Crippen molar-refractivity contribution in [2.75, 3.05) is 7.11 Å². The molecule has 1 N–H and O–H groups in total. The Morgan fingerprint density at radius 2 is 2.22 bits per heavy atom. The predicted octanol–water partition coefficient (Wildman–Crippen LogP) is 3.99. The molecule has 8 heteroatoms. The number of fused-ring (bicyclic) bond motifs is 1. The molecule has 0 saturated carbocycles. The number of non-ortho nitro benzene ring substituents is 1. The van der Waals surface area contributed by atoms with Crippen LogP contribution < -0.4 is 4.74 Å². The number of ether oxygens (including phenoxy) is 1. The Labute approximate surface area is 139 Å². The van der Waals surface area contributed by atoms with Gasteiger partial charge in [0.2, 0.25) is 0 Å². The zero-order valence-corrected chi connectivity index (χ0v) is 13.6. The van der Waals surface area contributed by atoms with Crippen LogP contribution in [0.15, 0.2) is 46.0 Å². The predicted molar refractivity (Wildman–Crippen MR) is 90.7 cm³/mol. The first-order chi connectivity index (χ1) is 11.1. The first kappa shape index (κ1) is 15.2. The lowest BCUT2D eigenvalue weighted by Crippen LogP contribution is -1.96. The summed E-state index contributed by atoms with van der Waals surface area (Å²) in [7, 11) is 1.50. The number of hydrogen-bond donors (Lipinski definition) is 1. The Morgan fingerprint density at radius 1 is 1.39 bits per heavy atom. The summed E-state index contributed by atoms with van der Waals surface area (Å²) in [6, 6.07) is 8.39. The zero-order valence-electron chi connectivity index (χ0n) is 12.0. The molecule has 23 heavy (non-hydrogen) atoms. The Kier molecular flexibility index (Phi) is 4.07. The molecule has 0 saturated heterocycles. The summed E-state index contributed by atoms with van der Waals surface area (Å²) in [6.07, 6.45) is 3.25. The van der Waals surface area contributed by atoms with Gasteiger partial charge in [0.05, 0.1) is 33.9 Å². The van der Waals surface area contributed by atoms with Crippen molar-refractivity contribution >= 4 is 44.4 Å². The number of nitrogens with one attached hydrogen (secondary N) is 1. The number of aromatic amines is 1. The molecule has 0 aliphatic carbocycles. The summed E-state index contributed by atoms with van der Waals surface area (Å²) in [5.41, 5.74) is 2.11. The van der Waals surface area contributed by atoms with Gasteiger partial charge in [-0.05, 0) is 34.1 Å². The van der Waals surface area contributed by atoms with E-state index in [2.05, 4.69) is 31.1 Å². The molecular formula is C15H11BrN4O3. The number of nitro groups is 1. The second-order valence-electron chi connectivity index (χ2n) is 4.71. The van der Waals surface area contributed by atoms with E-state index in [1.54, 1.807) is 6.20 Å². The second kappa shape index (κ2) is 6.17. The normalized spacial score (nSPS) is 11.2. The molecule has 0 unspecified atom stereocenters. The molecule has 7 nitrogen and oxygen atoms in total. The highest BCUT2D eigenvalue weighted by atomic mass is 79.9. The van der Waals surface area contributed by atoms with E-state index in [-0.39, 0.29) is 5.69 Å². The topological polar surface area (TPSA) is 93.4 Å². The van der Waals surface area contributed by atoms with Gasteiger partial charge in [0, 0.05) is 29.3 Å². The summed E-state index contributed by atoms with van der Waals surface area (Å²) in [6.45, 7) is 0. The van der Waals surface area contributed by atoms with Crippen LogP contribution in [0.1, 0.15) is 5.56 Å². The fourth-order valence-corrected chi connectivity index (χ4v) is 2.80. The number of H-pyrrole nitrogens is 1. The highest BCUT2D eigenvalue weighted by Gasteiger charge is 2.14. The van der Waals surface area contributed by atoms with Crippen LogP contribution in [-0.4, -0.2) is 28.4 Å². The standard InChI is InChI=1S/C15H11BrN4O3/c1-23-15-10(5-12(20(21)22)6-13(15)16)7-17-11-2-3-14-9(4-11)8-18-19-14/h2-8H,1H3,(H,18,19). The lowest BCUT2D eigenvalue weighted by atomic mass is 10.2. The van der Waals surface area contributed by atoms with Crippen LogP contribution in [-0.2, 0) is 0 Å². The first-order valence-electron chi connectivity index (χ1n) is 6.57. The molecule has 1 heterocycles. The van der Waals surface area contributed by atoms with E-state index < -0.39 is 4.92 Å². The summed E-state index contributed by atoms with van der Waals surface area (Å²) in [5.74, 6) is 0.490. The van der Waals surface area contributed by atoms with Crippen molar-refractivity contribution in [3.05, 3.63) is 56.7 Å². The second-order valence-corrected chi connectivity index (χ2v) is 5.56. The molecule has 3 rings (SSSR count). The molecule has 0 amide bonds. The molecule has 0 atom stereocenters. The van der Waals surface area contributed by atoms with Crippen molar-refractivity contribution in [3.8, 4) is 5.75 Å². The third-order valence-corrected chi connectivity index (χ3v) is 3.84. The van der Waals surface area contributed by atoms with Gasteiger partial charge in [-0.3, -0.25) is 20.2 Å². The first-order valence-corrected chi connectivity index (χ1v) is 7.37. The van der Waals surface area contributed by atoms with Gasteiger partial charge in [-0.25, -0.2) is 0 Å². The number of benzene rings is 2. The van der Waals surface area contributed by atoms with Gasteiger partial charge >= 0.3 is 0 Å². The number of hydrogen-bond acceptors (Lipinski definition) is 5. The van der Waals surface area contributed by atoms with Crippen molar-refractivity contribution in [1.29, 1.82) is 0 Å². The lowest BCUT2D eigenvalue weighted by molar-refractivity contribution is -0.385. The van der Waals surface area contributed by atoms with Crippen LogP contribution >= 0.6 is 15.9 Å². The van der Waals surface area contributed by atoms with Gasteiger partial charge in [0.25, 0.3) is 5.69 Å². The molecule has 3 aromatic rings. The largest absolute Gasteiger partial charge is 0.495 e. The summed E-state index contributed by atoms with van der Waals surface area (Å²) >= 11 is 3.28. The number of methoxy groups -OCH3 is 1. The van der Waals surface area contributed by atoms with E-state index >= 15 is 0 Å². The number of rotatable bonds is 4. The highest BCUT2D eigenvalue weighted by molar-refractivity contribution is 9.10. The Hall–Kier alpha value is -2.74. The average Bonchev–Trinajstić information content (AvgIpc) is 2.99. The summed E-state index contributed by atoms with van der Waals surface area (Å²) in [5, 5.41) is 18.7. The van der Waals surface area contributed by atoms with Gasteiger partial charge in [-0.2, -0.15) is 5.10 Å². The molecule has 116 valence electrons. The van der Waals surface area contributed by atoms with E-state index in [0.29, 0.717) is 21.5 Å². The van der Waals surface area contributed by atoms with Gasteiger partial charge in [0.15, 0.2) is 0 Å². The summed E-state index contributed by atoms with van der Waals surface area (Å²) in [4.78, 5) is 14.9. The SMILES string of the molecule is COc1c(Br)cc([N+](=O)[O-])cc1C=Nc1ccc2[nH]ncc2c1. The van der Waals surface area contributed by atoms with Crippen LogP contribution in [0.4, 0.5) is 11.4 Å². The Bertz CT molecular complexity index is 920. The highest BCUT2D eigenvalue weighted by Crippen LogP contribution is 2.33. The maximum absolute atomic E-state index is 11.0. The molecule has 0 aliphatic rings. The van der Waals surface area contributed by atoms with E-state index in [1.165, 1.54) is 25.5 Å². The maximum Gasteiger partial charge on any atom is 0.271 e. The smallest absolute Gasteiger partial charge is 0.271 e. The third kappa shape index (κ3) is 3.07. The molecule has 0 aliphatic heterocycles. The van der Waals surface area contributed by atoms with E-state index in [0.717, 1.165) is 10.9 Å². The van der Waals surface area contributed by atoms with Crippen LogP contribution in [0.25, 0.3) is 10.9 Å². The molecule has 0 bridgehead atoms. The monoisotopic (exact) mass is 374 g/mol. The fraction of sp³-hybridized carbons (Fsp3) is 0.0667. The number of halogens is 1. The fourth-order valence-electron chi connectivity index (χ4n) is 2.17. The number of aromatic nitrogens is 2.